The first-order valence-electron chi connectivity index (χ1n) is 9.05. The van der Waals surface area contributed by atoms with Gasteiger partial charge in [-0.2, -0.15) is 13.2 Å². The van der Waals surface area contributed by atoms with Crippen molar-refractivity contribution in [3.05, 3.63) is 53.7 Å². The fraction of sp³-hybridized carbons (Fsp3) is 0.350. The van der Waals surface area contributed by atoms with E-state index in [0.29, 0.717) is 43.0 Å². The molecule has 0 saturated carbocycles. The molecule has 0 bridgehead atoms. The first-order valence-corrected chi connectivity index (χ1v) is 9.05. The molecule has 1 aliphatic heterocycles. The summed E-state index contributed by atoms with van der Waals surface area (Å²) in [7, 11) is 1.28. The molecule has 0 radical (unpaired) electrons. The minimum Gasteiger partial charge on any atom is -0.465 e. The molecule has 9 heteroatoms. The number of halogens is 3. The Labute approximate surface area is 165 Å². The smallest absolute Gasteiger partial charge is 0.417 e. The number of nitrogens with one attached hydrogen (secondary N) is 1. The maximum absolute atomic E-state index is 12.6. The number of amides is 1. The number of anilines is 2. The molecule has 3 rings (SSSR count). The highest BCUT2D eigenvalue weighted by Gasteiger charge is 2.31. The third-order valence-electron chi connectivity index (χ3n) is 4.82. The summed E-state index contributed by atoms with van der Waals surface area (Å²) < 4.78 is 42.6. The lowest BCUT2D eigenvalue weighted by molar-refractivity contribution is -0.137. The Hall–Kier alpha value is -3.10. The molecule has 0 aliphatic carbocycles. The van der Waals surface area contributed by atoms with E-state index >= 15 is 0 Å². The van der Waals surface area contributed by atoms with Crippen molar-refractivity contribution < 1.29 is 27.5 Å². The van der Waals surface area contributed by atoms with Crippen LogP contribution in [0.25, 0.3) is 0 Å². The Morgan fingerprint density at radius 3 is 2.48 bits per heavy atom. The summed E-state index contributed by atoms with van der Waals surface area (Å²) in [6.45, 7) is 1.03. The molecule has 2 aromatic rings. The van der Waals surface area contributed by atoms with Gasteiger partial charge in [-0.05, 0) is 43.2 Å². The summed E-state index contributed by atoms with van der Waals surface area (Å²) in [5.74, 6) is -0.421. The average molecular weight is 407 g/mol. The number of piperidine rings is 1. The van der Waals surface area contributed by atoms with Gasteiger partial charge in [-0.3, -0.25) is 4.79 Å². The molecule has 0 atom stereocenters. The highest BCUT2D eigenvalue weighted by Crippen LogP contribution is 2.30. The summed E-state index contributed by atoms with van der Waals surface area (Å²) in [4.78, 5) is 29.9. The molecular formula is C20H20F3N3O3. The van der Waals surface area contributed by atoms with Crippen molar-refractivity contribution in [1.82, 2.24) is 4.98 Å². The predicted molar refractivity (Wildman–Crippen MR) is 101 cm³/mol. The average Bonchev–Trinajstić information content (AvgIpc) is 2.73. The van der Waals surface area contributed by atoms with Crippen LogP contribution in [-0.2, 0) is 15.7 Å². The first kappa shape index (κ1) is 20.6. The van der Waals surface area contributed by atoms with Crippen molar-refractivity contribution in [1.29, 1.82) is 0 Å². The van der Waals surface area contributed by atoms with E-state index in [0.717, 1.165) is 12.3 Å². The van der Waals surface area contributed by atoms with Crippen molar-refractivity contribution in [2.75, 3.05) is 30.4 Å². The van der Waals surface area contributed by atoms with Crippen LogP contribution < -0.4 is 10.2 Å². The third-order valence-corrected chi connectivity index (χ3v) is 4.82. The largest absolute Gasteiger partial charge is 0.465 e. The number of nitrogens with zero attached hydrogens (tertiary/aromatic N) is 2. The summed E-state index contributed by atoms with van der Waals surface area (Å²) >= 11 is 0. The zero-order valence-electron chi connectivity index (χ0n) is 15.7. The zero-order chi connectivity index (χ0) is 21.0. The van der Waals surface area contributed by atoms with Crippen molar-refractivity contribution in [3.63, 3.8) is 0 Å². The summed E-state index contributed by atoms with van der Waals surface area (Å²) in [6, 6.07) is 8.84. The minimum absolute atomic E-state index is 0.160. The normalized spacial score (nSPS) is 15.1. The molecule has 1 fully saturated rings. The number of aromatic nitrogens is 1. The SMILES string of the molecule is COC(=O)c1cccc(NC(=O)C2CCN(c3ccc(C(F)(F)F)cn3)CC2)c1. The van der Waals surface area contributed by atoms with Gasteiger partial charge in [0.2, 0.25) is 5.91 Å². The molecule has 1 saturated heterocycles. The lowest BCUT2D eigenvalue weighted by atomic mass is 9.95. The molecule has 0 unspecified atom stereocenters. The van der Waals surface area contributed by atoms with Crippen molar-refractivity contribution in [3.8, 4) is 0 Å². The highest BCUT2D eigenvalue weighted by atomic mass is 19.4. The van der Waals surface area contributed by atoms with Crippen LogP contribution in [0, 0.1) is 5.92 Å². The van der Waals surface area contributed by atoms with Gasteiger partial charge in [-0.1, -0.05) is 6.07 Å². The van der Waals surface area contributed by atoms with Gasteiger partial charge >= 0.3 is 12.1 Å². The number of benzene rings is 1. The molecule has 0 spiro atoms. The molecule has 1 N–H and O–H groups in total. The minimum atomic E-state index is -4.41. The number of methoxy groups -OCH3 is 1. The van der Waals surface area contributed by atoms with Gasteiger partial charge in [-0.25, -0.2) is 9.78 Å². The third kappa shape index (κ3) is 5.04. The lowest BCUT2D eigenvalue weighted by Crippen LogP contribution is -2.38. The number of ether oxygens (including phenoxy) is 1. The van der Waals surface area contributed by atoms with Gasteiger partial charge in [0.25, 0.3) is 0 Å². The molecule has 2 heterocycles. The van der Waals surface area contributed by atoms with Crippen LogP contribution in [0.5, 0.6) is 0 Å². The first-order chi connectivity index (χ1) is 13.8. The van der Waals surface area contributed by atoms with Gasteiger partial charge in [0.05, 0.1) is 18.2 Å². The number of carbonyl (C=O) groups excluding carboxylic acids is 2. The van der Waals surface area contributed by atoms with E-state index in [1.54, 1.807) is 24.3 Å². The van der Waals surface area contributed by atoms with Gasteiger partial charge in [-0.15, -0.1) is 0 Å². The maximum Gasteiger partial charge on any atom is 0.417 e. The van der Waals surface area contributed by atoms with E-state index < -0.39 is 17.7 Å². The Morgan fingerprint density at radius 1 is 1.17 bits per heavy atom. The van der Waals surface area contributed by atoms with E-state index in [4.69, 9.17) is 0 Å². The maximum atomic E-state index is 12.6. The summed E-state index contributed by atoms with van der Waals surface area (Å²) in [5, 5.41) is 2.80. The number of pyridine rings is 1. The fourth-order valence-electron chi connectivity index (χ4n) is 3.20. The Kier molecular flexibility index (Phi) is 6.05. The molecular weight excluding hydrogens is 387 g/mol. The van der Waals surface area contributed by atoms with E-state index in [2.05, 4.69) is 15.0 Å². The molecule has 1 aliphatic rings. The second-order valence-corrected chi connectivity index (χ2v) is 6.73. The van der Waals surface area contributed by atoms with Crippen LogP contribution in [0.3, 0.4) is 0 Å². The van der Waals surface area contributed by atoms with Gasteiger partial charge in [0.15, 0.2) is 0 Å². The second kappa shape index (κ2) is 8.50. The number of rotatable bonds is 4. The molecule has 154 valence electrons. The van der Waals surface area contributed by atoms with Crippen molar-refractivity contribution in [2.45, 2.75) is 19.0 Å². The van der Waals surface area contributed by atoms with Crippen LogP contribution in [0.2, 0.25) is 0 Å². The standard InChI is InChI=1S/C20H20F3N3O3/c1-29-19(28)14-3-2-4-16(11-14)25-18(27)13-7-9-26(10-8-13)17-6-5-15(12-24-17)20(21,22)23/h2-6,11-13H,7-10H2,1H3,(H,25,27). The van der Waals surface area contributed by atoms with Crippen LogP contribution in [0.15, 0.2) is 42.6 Å². The molecule has 1 aromatic carbocycles. The van der Waals surface area contributed by atoms with E-state index in [1.807, 2.05) is 4.90 Å². The quantitative estimate of drug-likeness (QED) is 0.782. The Balaban J connectivity index is 1.56. The van der Waals surface area contributed by atoms with Crippen LogP contribution in [0.4, 0.5) is 24.7 Å². The number of carbonyl (C=O) groups is 2. The van der Waals surface area contributed by atoms with Gasteiger partial charge in [0.1, 0.15) is 5.82 Å². The van der Waals surface area contributed by atoms with Crippen molar-refractivity contribution in [2.24, 2.45) is 5.92 Å². The molecule has 1 amide bonds. The van der Waals surface area contributed by atoms with E-state index in [1.165, 1.54) is 13.2 Å². The number of hydrogen-bond donors (Lipinski definition) is 1. The molecule has 6 nitrogen and oxygen atoms in total. The Bertz CT molecular complexity index is 877. The monoisotopic (exact) mass is 407 g/mol. The van der Waals surface area contributed by atoms with Gasteiger partial charge in [0, 0.05) is 30.9 Å². The topological polar surface area (TPSA) is 71.5 Å². The van der Waals surface area contributed by atoms with Crippen LogP contribution in [0.1, 0.15) is 28.8 Å². The number of alkyl halides is 3. The second-order valence-electron chi connectivity index (χ2n) is 6.73. The van der Waals surface area contributed by atoms with Crippen molar-refractivity contribution >= 4 is 23.4 Å². The summed E-state index contributed by atoms with van der Waals surface area (Å²) in [5.41, 5.74) is 0.0583. The van der Waals surface area contributed by atoms with Crippen LogP contribution in [-0.4, -0.2) is 37.1 Å². The van der Waals surface area contributed by atoms with E-state index in [9.17, 15) is 22.8 Å². The van der Waals surface area contributed by atoms with Crippen LogP contribution >= 0.6 is 0 Å². The fourth-order valence-corrected chi connectivity index (χ4v) is 3.20. The zero-order valence-corrected chi connectivity index (χ0v) is 15.7. The highest BCUT2D eigenvalue weighted by molar-refractivity contribution is 5.95. The molecule has 1 aromatic heterocycles. The molecule has 29 heavy (non-hydrogen) atoms. The summed E-state index contributed by atoms with van der Waals surface area (Å²) in [6.07, 6.45) is -2.50. The Morgan fingerprint density at radius 2 is 1.90 bits per heavy atom. The number of hydrogen-bond acceptors (Lipinski definition) is 5. The van der Waals surface area contributed by atoms with Gasteiger partial charge < -0.3 is 15.0 Å². The lowest BCUT2D eigenvalue weighted by Gasteiger charge is -2.32. The number of esters is 1. The van der Waals surface area contributed by atoms with E-state index in [-0.39, 0.29) is 11.8 Å². The predicted octanol–water partition coefficient (Wildman–Crippen LogP) is 3.74.